The van der Waals surface area contributed by atoms with Crippen LogP contribution in [0.4, 0.5) is 0 Å². The van der Waals surface area contributed by atoms with Crippen LogP contribution in [0.3, 0.4) is 0 Å². The van der Waals surface area contributed by atoms with Gasteiger partial charge in [-0.3, -0.25) is 0 Å². The van der Waals surface area contributed by atoms with Crippen LogP contribution in [0.5, 0.6) is 11.5 Å². The Balaban J connectivity index is 2.18. The van der Waals surface area contributed by atoms with Gasteiger partial charge >= 0.3 is 0 Å². The Morgan fingerprint density at radius 2 is 1.86 bits per heavy atom. The monoisotopic (exact) mass is 226 g/mol. The third-order valence-corrected chi connectivity index (χ3v) is 4.43. The minimum absolute atomic E-state index is 0.776. The molecular weight excluding hydrogens is 216 g/mol. The van der Waals surface area contributed by atoms with Crippen LogP contribution in [0.15, 0.2) is 21.9 Å². The van der Waals surface area contributed by atoms with E-state index in [1.54, 1.807) is 0 Å². The highest BCUT2D eigenvalue weighted by molar-refractivity contribution is 8.02. The molecular formula is C10H10O2S2. The van der Waals surface area contributed by atoms with Crippen molar-refractivity contribution in [2.24, 2.45) is 0 Å². The molecule has 2 aliphatic heterocycles. The van der Waals surface area contributed by atoms with Crippen molar-refractivity contribution in [2.75, 3.05) is 24.7 Å². The summed E-state index contributed by atoms with van der Waals surface area (Å²) in [6.45, 7) is 1.56. The van der Waals surface area contributed by atoms with Gasteiger partial charge in [0.2, 0.25) is 0 Å². The number of rotatable bonds is 0. The van der Waals surface area contributed by atoms with Gasteiger partial charge in [-0.05, 0) is 12.1 Å². The van der Waals surface area contributed by atoms with Crippen LogP contribution in [0.2, 0.25) is 0 Å². The molecule has 1 aromatic rings. The van der Waals surface area contributed by atoms with E-state index in [2.05, 4.69) is 6.07 Å². The molecule has 0 spiro atoms. The zero-order chi connectivity index (χ0) is 9.38. The molecule has 4 bridgehead atoms. The first-order valence-electron chi connectivity index (χ1n) is 4.63. The number of thioether (sulfide) groups is 2. The molecule has 0 aliphatic carbocycles. The maximum atomic E-state index is 5.72. The Kier molecular flexibility index (Phi) is 2.25. The Morgan fingerprint density at radius 3 is 2.86 bits per heavy atom. The minimum Gasteiger partial charge on any atom is -0.489 e. The Morgan fingerprint density at radius 1 is 1.00 bits per heavy atom. The molecule has 2 aliphatic rings. The third-order valence-electron chi connectivity index (χ3n) is 2.21. The first-order chi connectivity index (χ1) is 6.95. The molecule has 2 heterocycles. The fraction of sp³-hybridized carbons (Fsp3) is 0.400. The summed E-state index contributed by atoms with van der Waals surface area (Å²) >= 11 is 3.72. The van der Waals surface area contributed by atoms with Gasteiger partial charge < -0.3 is 9.47 Å². The minimum atomic E-state index is 0.776. The first-order valence-corrected chi connectivity index (χ1v) is 6.60. The molecule has 74 valence electrons. The molecule has 0 radical (unpaired) electrons. The van der Waals surface area contributed by atoms with Crippen molar-refractivity contribution in [3.63, 3.8) is 0 Å². The van der Waals surface area contributed by atoms with Gasteiger partial charge in [-0.1, -0.05) is 0 Å². The maximum Gasteiger partial charge on any atom is 0.175 e. The van der Waals surface area contributed by atoms with Crippen LogP contribution in [0.25, 0.3) is 0 Å². The summed E-state index contributed by atoms with van der Waals surface area (Å²) in [5, 5.41) is 0. The topological polar surface area (TPSA) is 18.5 Å². The van der Waals surface area contributed by atoms with Crippen molar-refractivity contribution in [1.82, 2.24) is 0 Å². The van der Waals surface area contributed by atoms with Crippen molar-refractivity contribution in [1.29, 1.82) is 0 Å². The lowest BCUT2D eigenvalue weighted by Gasteiger charge is -2.10. The van der Waals surface area contributed by atoms with Gasteiger partial charge in [0.05, 0.1) is 18.1 Å². The standard InChI is InChI=1S/C10H10O2S2/c1-2-8-10-9(12-4-5-13-8)7(1)11-3-6-14-10/h1-2H,3-6H2. The number of benzene rings is 1. The van der Waals surface area contributed by atoms with Crippen LogP contribution in [0.1, 0.15) is 0 Å². The summed E-state index contributed by atoms with van der Waals surface area (Å²) in [6.07, 6.45) is 0. The number of hydrogen-bond acceptors (Lipinski definition) is 4. The van der Waals surface area contributed by atoms with E-state index >= 15 is 0 Å². The van der Waals surface area contributed by atoms with Gasteiger partial charge in [-0.15, -0.1) is 23.5 Å². The maximum absolute atomic E-state index is 5.72. The fourth-order valence-corrected chi connectivity index (χ4v) is 3.62. The molecule has 14 heavy (non-hydrogen) atoms. The van der Waals surface area contributed by atoms with Crippen molar-refractivity contribution in [3.8, 4) is 11.5 Å². The molecule has 2 nitrogen and oxygen atoms in total. The molecule has 0 amide bonds. The average molecular weight is 226 g/mol. The summed E-state index contributed by atoms with van der Waals surface area (Å²) in [5.74, 6) is 3.92. The SMILES string of the molecule is c1cc2c3c(c1OCCS3)OCCS2. The summed E-state index contributed by atoms with van der Waals surface area (Å²) in [5.41, 5.74) is 0. The Bertz CT molecular complexity index is 330. The zero-order valence-electron chi connectivity index (χ0n) is 7.62. The second-order valence-electron chi connectivity index (χ2n) is 3.11. The van der Waals surface area contributed by atoms with Crippen molar-refractivity contribution < 1.29 is 9.47 Å². The first kappa shape index (κ1) is 8.80. The lowest BCUT2D eigenvalue weighted by Crippen LogP contribution is -2.00. The molecule has 0 fully saturated rings. The Hall–Kier alpha value is -0.480. The lowest BCUT2D eigenvalue weighted by molar-refractivity contribution is 0.289. The van der Waals surface area contributed by atoms with E-state index in [0.29, 0.717) is 0 Å². The number of hydrogen-bond donors (Lipinski definition) is 0. The smallest absolute Gasteiger partial charge is 0.175 e. The van der Waals surface area contributed by atoms with Gasteiger partial charge in [0.15, 0.2) is 11.5 Å². The van der Waals surface area contributed by atoms with Crippen molar-refractivity contribution in [2.45, 2.75) is 9.79 Å². The lowest BCUT2D eigenvalue weighted by atomic mass is 10.3. The molecule has 0 saturated heterocycles. The second kappa shape index (κ2) is 3.59. The molecule has 0 saturated carbocycles. The van der Waals surface area contributed by atoms with Crippen LogP contribution in [-0.4, -0.2) is 24.7 Å². The predicted octanol–water partition coefficient (Wildman–Crippen LogP) is 2.66. The van der Waals surface area contributed by atoms with Crippen LogP contribution < -0.4 is 9.47 Å². The second-order valence-corrected chi connectivity index (χ2v) is 5.36. The average Bonchev–Trinajstić information content (AvgIpc) is 2.41. The summed E-state index contributed by atoms with van der Waals surface area (Å²) in [7, 11) is 0. The van der Waals surface area contributed by atoms with E-state index < -0.39 is 0 Å². The van der Waals surface area contributed by atoms with Crippen LogP contribution >= 0.6 is 23.5 Å². The highest BCUT2D eigenvalue weighted by atomic mass is 32.2. The van der Waals surface area contributed by atoms with Crippen LogP contribution in [0, 0.1) is 0 Å². The van der Waals surface area contributed by atoms with E-state index in [1.807, 2.05) is 29.6 Å². The molecule has 0 N–H and O–H groups in total. The van der Waals surface area contributed by atoms with E-state index in [1.165, 1.54) is 9.79 Å². The quantitative estimate of drug-likeness (QED) is 0.676. The van der Waals surface area contributed by atoms with Crippen molar-refractivity contribution >= 4 is 23.5 Å². The van der Waals surface area contributed by atoms with Gasteiger partial charge in [0.1, 0.15) is 0 Å². The van der Waals surface area contributed by atoms with E-state index in [0.717, 1.165) is 36.2 Å². The largest absolute Gasteiger partial charge is 0.489 e. The zero-order valence-corrected chi connectivity index (χ0v) is 9.25. The molecule has 0 atom stereocenters. The normalized spacial score (nSPS) is 18.9. The molecule has 1 aromatic carbocycles. The van der Waals surface area contributed by atoms with Crippen molar-refractivity contribution in [3.05, 3.63) is 12.1 Å². The molecule has 3 rings (SSSR count). The van der Waals surface area contributed by atoms with Gasteiger partial charge in [-0.2, -0.15) is 0 Å². The summed E-state index contributed by atoms with van der Waals surface area (Å²) in [6, 6.07) is 4.17. The van der Waals surface area contributed by atoms with E-state index in [-0.39, 0.29) is 0 Å². The highest BCUT2D eigenvalue weighted by Gasteiger charge is 2.21. The van der Waals surface area contributed by atoms with E-state index in [9.17, 15) is 0 Å². The van der Waals surface area contributed by atoms with Gasteiger partial charge in [0.25, 0.3) is 0 Å². The summed E-state index contributed by atoms with van der Waals surface area (Å²) < 4.78 is 11.3. The molecule has 4 heteroatoms. The fourth-order valence-electron chi connectivity index (χ4n) is 1.62. The van der Waals surface area contributed by atoms with Gasteiger partial charge in [-0.25, -0.2) is 0 Å². The Labute approximate surface area is 91.4 Å². The number of ether oxygens (including phenoxy) is 2. The van der Waals surface area contributed by atoms with E-state index in [4.69, 9.17) is 9.47 Å². The van der Waals surface area contributed by atoms with Crippen LogP contribution in [-0.2, 0) is 0 Å². The molecule has 0 aromatic heterocycles. The molecule has 0 unspecified atom stereocenters. The highest BCUT2D eigenvalue weighted by Crippen LogP contribution is 2.47. The summed E-state index contributed by atoms with van der Waals surface area (Å²) in [4.78, 5) is 2.62. The predicted molar refractivity (Wildman–Crippen MR) is 58.9 cm³/mol. The van der Waals surface area contributed by atoms with Gasteiger partial charge in [0, 0.05) is 16.4 Å². The third kappa shape index (κ3) is 1.37.